The fourth-order valence-electron chi connectivity index (χ4n) is 1.85. The Bertz CT molecular complexity index is 516. The van der Waals surface area contributed by atoms with Gasteiger partial charge in [0.25, 0.3) is 9.70 Å². The van der Waals surface area contributed by atoms with E-state index in [1.807, 2.05) is 12.1 Å². The third-order valence-electron chi connectivity index (χ3n) is 3.19. The van der Waals surface area contributed by atoms with Crippen LogP contribution in [-0.2, 0) is 5.41 Å². The van der Waals surface area contributed by atoms with Gasteiger partial charge in [-0.15, -0.1) is 0 Å². The van der Waals surface area contributed by atoms with E-state index in [9.17, 15) is 4.79 Å². The van der Waals surface area contributed by atoms with Crippen molar-refractivity contribution in [2.75, 3.05) is 6.54 Å². The number of nitrogens with two attached hydrogens (primary N) is 1. The first kappa shape index (κ1) is 19.3. The molecule has 1 rings (SSSR count). The van der Waals surface area contributed by atoms with Crippen molar-refractivity contribution in [1.82, 2.24) is 5.32 Å². The molecular weight excluding hydrogens is 343 g/mol. The molecule has 6 heteroatoms. The van der Waals surface area contributed by atoms with Crippen LogP contribution in [0.15, 0.2) is 36.9 Å². The van der Waals surface area contributed by atoms with Gasteiger partial charge < -0.3 is 5.32 Å². The Morgan fingerprint density at radius 2 is 1.82 bits per heavy atom. The Hall–Kier alpha value is -0.740. The molecule has 0 aliphatic carbocycles. The summed E-state index contributed by atoms with van der Waals surface area (Å²) in [4.78, 5) is 12.3. The van der Waals surface area contributed by atoms with E-state index in [4.69, 9.17) is 34.8 Å². The predicted molar refractivity (Wildman–Crippen MR) is 93.7 cm³/mol. The third kappa shape index (κ3) is 5.81. The summed E-state index contributed by atoms with van der Waals surface area (Å²) in [5.74, 6) is -0.280. The Morgan fingerprint density at radius 1 is 1.27 bits per heavy atom. The third-order valence-corrected chi connectivity index (χ3v) is 3.90. The minimum absolute atomic E-state index is 0.0346. The van der Waals surface area contributed by atoms with Crippen molar-refractivity contribution in [1.29, 1.82) is 0 Å². The molecule has 0 saturated carbocycles. The number of carbonyl (C=O) groups excluding carboxylic acids is 1. The molecule has 1 amide bonds. The van der Waals surface area contributed by atoms with Gasteiger partial charge in [-0.1, -0.05) is 74.3 Å². The molecule has 0 aliphatic heterocycles. The Balaban J connectivity index is 2.84. The molecule has 0 saturated heterocycles. The normalized spacial score (nSPS) is 13.5. The van der Waals surface area contributed by atoms with Crippen LogP contribution in [0.4, 0.5) is 0 Å². The van der Waals surface area contributed by atoms with Crippen molar-refractivity contribution < 1.29 is 10.1 Å². The summed E-state index contributed by atoms with van der Waals surface area (Å²) >= 11 is 17.7. The zero-order valence-electron chi connectivity index (χ0n) is 13.0. The van der Waals surface area contributed by atoms with Crippen LogP contribution >= 0.6 is 34.8 Å². The number of nitrogens with one attached hydrogen (secondary N) is 1. The molecule has 0 heterocycles. The predicted octanol–water partition coefficient (Wildman–Crippen LogP) is 3.16. The summed E-state index contributed by atoms with van der Waals surface area (Å²) in [6.07, 6.45) is 0.985. The van der Waals surface area contributed by atoms with Crippen LogP contribution in [0.1, 0.15) is 36.7 Å². The lowest BCUT2D eigenvalue weighted by molar-refractivity contribution is -0.683. The van der Waals surface area contributed by atoms with Gasteiger partial charge in [-0.05, 0) is 29.2 Å². The van der Waals surface area contributed by atoms with Crippen molar-refractivity contribution in [2.45, 2.75) is 36.1 Å². The summed E-state index contributed by atoms with van der Waals surface area (Å²) in [6, 6.07) is 7.43. The number of amides is 1. The number of hydrogen-bond donors (Lipinski definition) is 2. The van der Waals surface area contributed by atoms with E-state index in [1.165, 1.54) is 0 Å². The molecular formula is C16H22Cl3N2O+. The molecule has 3 nitrogen and oxygen atoms in total. The summed E-state index contributed by atoms with van der Waals surface area (Å²) in [5, 5.41) is 4.44. The molecule has 0 aromatic heterocycles. The zero-order valence-corrected chi connectivity index (χ0v) is 15.3. The fraction of sp³-hybridized carbons (Fsp3) is 0.438. The minimum atomic E-state index is -1.61. The van der Waals surface area contributed by atoms with E-state index in [0.29, 0.717) is 12.1 Å². The van der Waals surface area contributed by atoms with Gasteiger partial charge in [-0.2, -0.15) is 0 Å². The maximum Gasteiger partial charge on any atom is 0.262 e. The average Bonchev–Trinajstić information content (AvgIpc) is 2.41. The molecule has 3 N–H and O–H groups in total. The molecule has 0 aliphatic rings. The van der Waals surface area contributed by atoms with Crippen molar-refractivity contribution in [2.24, 2.45) is 0 Å². The highest BCUT2D eigenvalue weighted by Gasteiger charge is 2.37. The number of hydrogen-bond acceptors (Lipinski definition) is 1. The van der Waals surface area contributed by atoms with Crippen molar-refractivity contribution in [3.63, 3.8) is 0 Å². The van der Waals surface area contributed by atoms with Gasteiger partial charge >= 0.3 is 0 Å². The van der Waals surface area contributed by atoms with Crippen molar-refractivity contribution in [3.8, 4) is 0 Å². The summed E-state index contributed by atoms with van der Waals surface area (Å²) in [5.41, 5.74) is 1.71. The SMILES string of the molecule is C=CC[NH2+][C@H](NC(=O)c1ccc(C(C)(C)C)cc1)C(Cl)(Cl)Cl. The maximum atomic E-state index is 12.3. The van der Waals surface area contributed by atoms with Crippen LogP contribution in [0.2, 0.25) is 0 Å². The maximum absolute atomic E-state index is 12.3. The number of benzene rings is 1. The average molecular weight is 365 g/mol. The van der Waals surface area contributed by atoms with Crippen LogP contribution in [-0.4, -0.2) is 22.4 Å². The number of quaternary nitrogens is 1. The minimum Gasteiger partial charge on any atom is -0.320 e. The van der Waals surface area contributed by atoms with Crippen LogP contribution in [0, 0.1) is 0 Å². The highest BCUT2D eigenvalue weighted by Crippen LogP contribution is 2.27. The molecule has 1 aromatic carbocycles. The van der Waals surface area contributed by atoms with Crippen LogP contribution in [0.25, 0.3) is 0 Å². The van der Waals surface area contributed by atoms with Gasteiger partial charge in [-0.3, -0.25) is 10.1 Å². The topological polar surface area (TPSA) is 45.7 Å². The number of halogens is 3. The smallest absolute Gasteiger partial charge is 0.262 e. The molecule has 0 fully saturated rings. The highest BCUT2D eigenvalue weighted by atomic mass is 35.6. The largest absolute Gasteiger partial charge is 0.320 e. The second-order valence-electron chi connectivity index (χ2n) is 6.08. The molecule has 0 unspecified atom stereocenters. The van der Waals surface area contributed by atoms with E-state index < -0.39 is 9.96 Å². The summed E-state index contributed by atoms with van der Waals surface area (Å²) in [6.45, 7) is 10.5. The molecule has 0 bridgehead atoms. The van der Waals surface area contributed by atoms with E-state index in [2.05, 4.69) is 32.7 Å². The first-order valence-corrected chi connectivity index (χ1v) is 8.11. The van der Waals surface area contributed by atoms with Crippen molar-refractivity contribution >= 4 is 40.7 Å². The van der Waals surface area contributed by atoms with Crippen LogP contribution < -0.4 is 10.6 Å². The lowest BCUT2D eigenvalue weighted by Crippen LogP contribution is -2.96. The Labute approximate surface area is 147 Å². The van der Waals surface area contributed by atoms with Crippen molar-refractivity contribution in [3.05, 3.63) is 48.0 Å². The van der Waals surface area contributed by atoms with E-state index in [-0.39, 0.29) is 11.3 Å². The van der Waals surface area contributed by atoms with E-state index in [0.717, 1.165) is 5.56 Å². The van der Waals surface area contributed by atoms with Gasteiger partial charge in [0.2, 0.25) is 6.17 Å². The van der Waals surface area contributed by atoms with Gasteiger partial charge in [0.15, 0.2) is 0 Å². The van der Waals surface area contributed by atoms with Gasteiger partial charge in [0.1, 0.15) is 0 Å². The van der Waals surface area contributed by atoms with Gasteiger partial charge in [-0.25, -0.2) is 0 Å². The standard InChI is InChI=1S/C16H21Cl3N2O/c1-5-10-20-14(16(17,18)19)21-13(22)11-6-8-12(9-7-11)15(2,3)4/h5-9,14,20H,1,10H2,2-4H3,(H,21,22)/p+1/t14-/m1/s1. The zero-order chi connectivity index (χ0) is 17.0. The van der Waals surface area contributed by atoms with E-state index in [1.54, 1.807) is 23.5 Å². The number of alkyl halides is 3. The molecule has 22 heavy (non-hydrogen) atoms. The fourth-order valence-corrected chi connectivity index (χ4v) is 2.28. The molecule has 0 spiro atoms. The lowest BCUT2D eigenvalue weighted by atomic mass is 9.87. The highest BCUT2D eigenvalue weighted by molar-refractivity contribution is 6.68. The monoisotopic (exact) mass is 363 g/mol. The molecule has 1 atom stereocenters. The molecule has 122 valence electrons. The summed E-state index contributed by atoms with van der Waals surface area (Å²) < 4.78 is -1.61. The second-order valence-corrected chi connectivity index (χ2v) is 8.45. The summed E-state index contributed by atoms with van der Waals surface area (Å²) in [7, 11) is 0. The first-order chi connectivity index (χ1) is 10.1. The quantitative estimate of drug-likeness (QED) is 0.470. The van der Waals surface area contributed by atoms with Gasteiger partial charge in [0.05, 0.1) is 6.54 Å². The first-order valence-electron chi connectivity index (χ1n) is 6.98. The van der Waals surface area contributed by atoms with E-state index >= 15 is 0 Å². The van der Waals surface area contributed by atoms with Gasteiger partial charge in [0, 0.05) is 5.56 Å². The Morgan fingerprint density at radius 3 is 2.23 bits per heavy atom. The van der Waals surface area contributed by atoms with Crippen LogP contribution in [0.3, 0.4) is 0 Å². The number of carbonyl (C=O) groups is 1. The number of rotatable bonds is 5. The Kier molecular flexibility index (Phi) is 6.75. The lowest BCUT2D eigenvalue weighted by Gasteiger charge is -2.23. The van der Waals surface area contributed by atoms with Crippen LogP contribution in [0.5, 0.6) is 0 Å². The second kappa shape index (κ2) is 7.69. The molecule has 1 aromatic rings. The molecule has 0 radical (unpaired) electrons.